The summed E-state index contributed by atoms with van der Waals surface area (Å²) in [6, 6.07) is 6.41. The first-order chi connectivity index (χ1) is 8.17. The summed E-state index contributed by atoms with van der Waals surface area (Å²) in [5, 5.41) is 7.09. The van der Waals surface area contributed by atoms with E-state index in [1.807, 2.05) is 25.2 Å². The first-order valence-electron chi connectivity index (χ1n) is 5.76. The van der Waals surface area contributed by atoms with Gasteiger partial charge in [-0.25, -0.2) is 0 Å². The lowest BCUT2D eigenvalue weighted by molar-refractivity contribution is 1.33. The summed E-state index contributed by atoms with van der Waals surface area (Å²) in [7, 11) is 0. The Morgan fingerprint density at radius 2 is 1.88 bits per heavy atom. The molecule has 17 heavy (non-hydrogen) atoms. The van der Waals surface area contributed by atoms with E-state index in [4.69, 9.17) is 5.41 Å². The smallest absolute Gasteiger partial charge is 0.0183 e. The molecule has 0 radical (unpaired) electrons. The van der Waals surface area contributed by atoms with Crippen molar-refractivity contribution in [2.24, 2.45) is 0 Å². The van der Waals surface area contributed by atoms with Gasteiger partial charge in [-0.2, -0.15) is 0 Å². The third kappa shape index (κ3) is 4.23. The molecular formula is C16H19N. The van der Waals surface area contributed by atoms with Crippen LogP contribution in [0.1, 0.15) is 23.6 Å². The first-order valence-corrected chi connectivity index (χ1v) is 5.76. The summed E-state index contributed by atoms with van der Waals surface area (Å²) in [4.78, 5) is 0. The number of allylic oxidation sites excluding steroid dienone is 5. The van der Waals surface area contributed by atoms with E-state index in [0.717, 1.165) is 5.57 Å². The standard InChI is InChI=1S/C16H19N/c1-4-5-15(10-11-17)8-9-16-7-6-13(2)14(3)12-16/h4-12,17H,1-3H3/b5-4-,9-8+,15-10+,17-11?. The van der Waals surface area contributed by atoms with E-state index in [9.17, 15) is 0 Å². The molecule has 1 nitrogen and oxygen atoms in total. The molecule has 0 aliphatic heterocycles. The van der Waals surface area contributed by atoms with Gasteiger partial charge in [0, 0.05) is 6.21 Å². The molecule has 1 aromatic carbocycles. The minimum Gasteiger partial charge on any atom is -0.309 e. The van der Waals surface area contributed by atoms with E-state index >= 15 is 0 Å². The Kier molecular flexibility index (Phi) is 5.15. The molecule has 1 heteroatoms. The summed E-state index contributed by atoms with van der Waals surface area (Å²) >= 11 is 0. The van der Waals surface area contributed by atoms with Crippen molar-refractivity contribution in [1.29, 1.82) is 5.41 Å². The van der Waals surface area contributed by atoms with Gasteiger partial charge in [0.2, 0.25) is 0 Å². The van der Waals surface area contributed by atoms with Crippen LogP contribution >= 0.6 is 0 Å². The van der Waals surface area contributed by atoms with E-state index < -0.39 is 0 Å². The van der Waals surface area contributed by atoms with Gasteiger partial charge in [0.15, 0.2) is 0 Å². The lowest BCUT2D eigenvalue weighted by Crippen LogP contribution is -1.81. The van der Waals surface area contributed by atoms with E-state index in [0.29, 0.717) is 0 Å². The summed E-state index contributed by atoms with van der Waals surface area (Å²) in [5.74, 6) is 0. The van der Waals surface area contributed by atoms with Crippen LogP contribution in [0, 0.1) is 19.3 Å². The highest BCUT2D eigenvalue weighted by Gasteiger charge is 1.93. The SMILES string of the molecule is C\C=C/C(/C=C/c1ccc(C)c(C)c1)=C\C=N. The molecule has 1 N–H and O–H groups in total. The number of hydrogen-bond donors (Lipinski definition) is 1. The normalized spacial score (nSPS) is 12.5. The van der Waals surface area contributed by atoms with Crippen molar-refractivity contribution >= 4 is 12.3 Å². The van der Waals surface area contributed by atoms with Gasteiger partial charge >= 0.3 is 0 Å². The third-order valence-corrected chi connectivity index (χ3v) is 2.63. The zero-order valence-corrected chi connectivity index (χ0v) is 10.7. The van der Waals surface area contributed by atoms with Gasteiger partial charge in [0.05, 0.1) is 0 Å². The average molecular weight is 225 g/mol. The maximum atomic E-state index is 7.09. The minimum atomic E-state index is 1.03. The molecule has 0 saturated heterocycles. The zero-order chi connectivity index (χ0) is 12.7. The van der Waals surface area contributed by atoms with E-state index in [2.05, 4.69) is 38.1 Å². The van der Waals surface area contributed by atoms with Crippen LogP contribution in [0.4, 0.5) is 0 Å². The van der Waals surface area contributed by atoms with Gasteiger partial charge in [0.1, 0.15) is 0 Å². The summed E-state index contributed by atoms with van der Waals surface area (Å²) in [5.41, 5.74) is 4.83. The molecule has 0 fully saturated rings. The average Bonchev–Trinajstić information content (AvgIpc) is 2.31. The highest BCUT2D eigenvalue weighted by molar-refractivity contribution is 5.72. The van der Waals surface area contributed by atoms with Crippen LogP contribution in [0.15, 0.2) is 48.1 Å². The molecule has 0 unspecified atom stereocenters. The molecule has 0 heterocycles. The van der Waals surface area contributed by atoms with Crippen LogP contribution in [0.3, 0.4) is 0 Å². The Morgan fingerprint density at radius 3 is 2.47 bits per heavy atom. The summed E-state index contributed by atoms with van der Waals surface area (Å²) < 4.78 is 0. The van der Waals surface area contributed by atoms with Crippen LogP contribution in [-0.4, -0.2) is 6.21 Å². The molecule has 0 aliphatic carbocycles. The molecule has 0 amide bonds. The van der Waals surface area contributed by atoms with Gasteiger partial charge in [0.25, 0.3) is 0 Å². The molecule has 0 spiro atoms. The Labute approximate surface area is 104 Å². The number of aryl methyl sites for hydroxylation is 2. The molecular weight excluding hydrogens is 206 g/mol. The Hall–Kier alpha value is -1.89. The highest BCUT2D eigenvalue weighted by atomic mass is 14.3. The number of benzene rings is 1. The quantitative estimate of drug-likeness (QED) is 0.577. The lowest BCUT2D eigenvalue weighted by Gasteiger charge is -2.00. The second kappa shape index (κ2) is 6.64. The van der Waals surface area contributed by atoms with Crippen molar-refractivity contribution < 1.29 is 0 Å². The molecule has 0 bridgehead atoms. The van der Waals surface area contributed by atoms with Gasteiger partial charge in [-0.3, -0.25) is 0 Å². The van der Waals surface area contributed by atoms with E-state index in [1.54, 1.807) is 6.08 Å². The third-order valence-electron chi connectivity index (χ3n) is 2.63. The van der Waals surface area contributed by atoms with Crippen LogP contribution in [-0.2, 0) is 0 Å². The lowest BCUT2D eigenvalue weighted by atomic mass is 10.1. The predicted octanol–water partition coefficient (Wildman–Crippen LogP) is 4.47. The van der Waals surface area contributed by atoms with Crippen molar-refractivity contribution in [3.63, 3.8) is 0 Å². The predicted molar refractivity (Wildman–Crippen MR) is 76.6 cm³/mol. The van der Waals surface area contributed by atoms with Gasteiger partial charge in [-0.05, 0) is 49.1 Å². The molecule has 0 atom stereocenters. The molecule has 0 aromatic heterocycles. The van der Waals surface area contributed by atoms with Crippen molar-refractivity contribution in [1.82, 2.24) is 0 Å². The first kappa shape index (κ1) is 13.2. The maximum Gasteiger partial charge on any atom is 0.0183 e. The van der Waals surface area contributed by atoms with Crippen LogP contribution in [0.25, 0.3) is 6.08 Å². The fraction of sp³-hybridized carbons (Fsp3) is 0.188. The van der Waals surface area contributed by atoms with Crippen LogP contribution in [0.2, 0.25) is 0 Å². The Morgan fingerprint density at radius 1 is 1.12 bits per heavy atom. The van der Waals surface area contributed by atoms with Gasteiger partial charge in [-0.15, -0.1) is 0 Å². The van der Waals surface area contributed by atoms with Crippen molar-refractivity contribution in [2.45, 2.75) is 20.8 Å². The largest absolute Gasteiger partial charge is 0.309 e. The van der Waals surface area contributed by atoms with E-state index in [-0.39, 0.29) is 0 Å². The monoisotopic (exact) mass is 225 g/mol. The molecule has 1 aromatic rings. The molecule has 1 rings (SSSR count). The topological polar surface area (TPSA) is 23.9 Å². The van der Waals surface area contributed by atoms with Crippen LogP contribution in [0.5, 0.6) is 0 Å². The number of rotatable bonds is 4. The van der Waals surface area contributed by atoms with Gasteiger partial charge < -0.3 is 5.41 Å². The molecule has 0 aliphatic rings. The zero-order valence-electron chi connectivity index (χ0n) is 10.7. The minimum absolute atomic E-state index is 1.03. The second-order valence-corrected chi connectivity index (χ2v) is 4.01. The fourth-order valence-corrected chi connectivity index (χ4v) is 1.52. The number of nitrogens with one attached hydrogen (secondary N) is 1. The van der Waals surface area contributed by atoms with Crippen molar-refractivity contribution in [3.8, 4) is 0 Å². The van der Waals surface area contributed by atoms with E-state index in [1.165, 1.54) is 22.9 Å². The fourth-order valence-electron chi connectivity index (χ4n) is 1.52. The molecule has 0 saturated carbocycles. The molecule has 88 valence electrons. The van der Waals surface area contributed by atoms with Crippen molar-refractivity contribution in [3.05, 3.63) is 64.8 Å². The Bertz CT molecular complexity index is 476. The Balaban J connectivity index is 2.92. The summed E-state index contributed by atoms with van der Waals surface area (Å²) in [6.45, 7) is 6.21. The highest BCUT2D eigenvalue weighted by Crippen LogP contribution is 2.12. The van der Waals surface area contributed by atoms with Crippen LogP contribution < -0.4 is 0 Å². The number of hydrogen-bond acceptors (Lipinski definition) is 1. The van der Waals surface area contributed by atoms with Crippen molar-refractivity contribution in [2.75, 3.05) is 0 Å². The van der Waals surface area contributed by atoms with Gasteiger partial charge in [-0.1, -0.05) is 42.5 Å². The second-order valence-electron chi connectivity index (χ2n) is 4.01. The summed E-state index contributed by atoms with van der Waals surface area (Å²) in [6.07, 6.45) is 11.1. The maximum absolute atomic E-state index is 7.09.